The lowest BCUT2D eigenvalue weighted by Gasteiger charge is -2.37. The van der Waals surface area contributed by atoms with E-state index in [0.717, 1.165) is 0 Å². The topological polar surface area (TPSA) is 104 Å². The lowest BCUT2D eigenvalue weighted by molar-refractivity contribution is -0.384. The van der Waals surface area contributed by atoms with Crippen LogP contribution in [0.5, 0.6) is 0 Å². The van der Waals surface area contributed by atoms with Crippen molar-refractivity contribution >= 4 is 17.4 Å². The second-order valence-corrected chi connectivity index (χ2v) is 5.57. The van der Waals surface area contributed by atoms with Gasteiger partial charge < -0.3 is 15.7 Å². The third-order valence-corrected chi connectivity index (χ3v) is 3.29. The number of hydrogen-bond donors (Lipinski definition) is 3. The van der Waals surface area contributed by atoms with Crippen molar-refractivity contribution < 1.29 is 14.8 Å². The van der Waals surface area contributed by atoms with Crippen LogP contribution >= 0.6 is 0 Å². The van der Waals surface area contributed by atoms with E-state index < -0.39 is 22.1 Å². The Balaban J connectivity index is 2.70. The number of carbonyl (C=O) groups excluding carboxylic acids is 1. The molecule has 0 radical (unpaired) electrons. The third-order valence-electron chi connectivity index (χ3n) is 3.29. The Morgan fingerprint density at radius 3 is 2.10 bits per heavy atom. The summed E-state index contributed by atoms with van der Waals surface area (Å²) in [7, 11) is 0. The van der Waals surface area contributed by atoms with E-state index in [1.165, 1.54) is 24.3 Å². The van der Waals surface area contributed by atoms with E-state index in [2.05, 4.69) is 10.6 Å². The van der Waals surface area contributed by atoms with E-state index in [-0.39, 0.29) is 5.69 Å². The van der Waals surface area contributed by atoms with Crippen LogP contribution in [0.2, 0.25) is 0 Å². The summed E-state index contributed by atoms with van der Waals surface area (Å²) in [4.78, 5) is 21.8. The molecule has 7 nitrogen and oxygen atoms in total. The van der Waals surface area contributed by atoms with Gasteiger partial charge in [-0.25, -0.2) is 4.79 Å². The number of benzene rings is 1. The average molecular weight is 281 g/mol. The van der Waals surface area contributed by atoms with Gasteiger partial charge in [-0.05, 0) is 39.8 Å². The number of aliphatic hydroxyl groups is 1. The number of hydrogen-bond acceptors (Lipinski definition) is 4. The maximum absolute atomic E-state index is 11.8. The van der Waals surface area contributed by atoms with Crippen LogP contribution in [0.4, 0.5) is 16.2 Å². The van der Waals surface area contributed by atoms with Gasteiger partial charge >= 0.3 is 6.03 Å². The average Bonchev–Trinajstić information content (AvgIpc) is 2.27. The highest BCUT2D eigenvalue weighted by Gasteiger charge is 2.36. The monoisotopic (exact) mass is 281 g/mol. The second kappa shape index (κ2) is 5.46. The Labute approximate surface area is 117 Å². The molecule has 0 saturated heterocycles. The summed E-state index contributed by atoms with van der Waals surface area (Å²) in [6, 6.07) is 4.99. The summed E-state index contributed by atoms with van der Waals surface area (Å²) in [5.74, 6) is 0. The quantitative estimate of drug-likeness (QED) is 0.581. The van der Waals surface area contributed by atoms with Gasteiger partial charge in [-0.2, -0.15) is 0 Å². The number of carbonyl (C=O) groups is 1. The van der Waals surface area contributed by atoms with Crippen LogP contribution in [0.1, 0.15) is 27.7 Å². The minimum atomic E-state index is -1.10. The zero-order chi connectivity index (χ0) is 15.6. The van der Waals surface area contributed by atoms with E-state index in [0.29, 0.717) is 5.69 Å². The number of nitro groups is 1. The van der Waals surface area contributed by atoms with Gasteiger partial charge in [0, 0.05) is 17.8 Å². The number of rotatable bonds is 4. The number of nitrogens with zero attached hydrogens (tertiary/aromatic N) is 1. The van der Waals surface area contributed by atoms with Gasteiger partial charge in [0.1, 0.15) is 0 Å². The van der Waals surface area contributed by atoms with Crippen LogP contribution in [-0.4, -0.2) is 27.2 Å². The van der Waals surface area contributed by atoms with Crippen LogP contribution in [0.3, 0.4) is 0 Å². The molecule has 0 bridgehead atoms. The minimum Gasteiger partial charge on any atom is -0.388 e. The van der Waals surface area contributed by atoms with Gasteiger partial charge in [-0.3, -0.25) is 10.1 Å². The largest absolute Gasteiger partial charge is 0.388 e. The van der Waals surface area contributed by atoms with Crippen molar-refractivity contribution in [3.8, 4) is 0 Å². The molecule has 1 aromatic rings. The minimum absolute atomic E-state index is 0.0484. The molecule has 20 heavy (non-hydrogen) atoms. The number of non-ortho nitro benzene ring substituents is 1. The first-order valence-corrected chi connectivity index (χ1v) is 6.09. The summed E-state index contributed by atoms with van der Waals surface area (Å²) in [6.45, 7) is 6.59. The fourth-order valence-electron chi connectivity index (χ4n) is 1.27. The molecule has 3 N–H and O–H groups in total. The van der Waals surface area contributed by atoms with Gasteiger partial charge in [0.05, 0.1) is 16.1 Å². The summed E-state index contributed by atoms with van der Waals surface area (Å²) < 4.78 is 0. The first-order valence-electron chi connectivity index (χ1n) is 6.09. The maximum atomic E-state index is 11.8. The van der Waals surface area contributed by atoms with Crippen LogP contribution in [0.25, 0.3) is 0 Å². The zero-order valence-electron chi connectivity index (χ0n) is 11.9. The van der Waals surface area contributed by atoms with Crippen molar-refractivity contribution in [2.24, 2.45) is 0 Å². The molecule has 1 aromatic carbocycles. The fraction of sp³-hybridized carbons (Fsp3) is 0.462. The highest BCUT2D eigenvalue weighted by atomic mass is 16.6. The maximum Gasteiger partial charge on any atom is 0.319 e. The molecule has 0 unspecified atom stereocenters. The Morgan fingerprint density at radius 2 is 1.70 bits per heavy atom. The third kappa shape index (κ3) is 3.92. The predicted octanol–water partition coefficient (Wildman–Crippen LogP) is 2.27. The van der Waals surface area contributed by atoms with E-state index in [1.807, 2.05) is 0 Å². The van der Waals surface area contributed by atoms with Crippen molar-refractivity contribution in [2.75, 3.05) is 5.32 Å². The van der Waals surface area contributed by atoms with Crippen molar-refractivity contribution in [3.63, 3.8) is 0 Å². The predicted molar refractivity (Wildman–Crippen MR) is 75.6 cm³/mol. The van der Waals surface area contributed by atoms with Gasteiger partial charge in [-0.1, -0.05) is 0 Å². The van der Waals surface area contributed by atoms with Crippen molar-refractivity contribution in [1.29, 1.82) is 0 Å². The van der Waals surface area contributed by atoms with Crippen molar-refractivity contribution in [2.45, 2.75) is 38.8 Å². The molecule has 7 heteroatoms. The molecule has 0 aliphatic heterocycles. The molecule has 0 aliphatic rings. The molecule has 0 atom stereocenters. The Hall–Kier alpha value is -2.15. The normalized spacial score (nSPS) is 11.8. The lowest BCUT2D eigenvalue weighted by atomic mass is 9.86. The molecule has 0 aromatic heterocycles. The van der Waals surface area contributed by atoms with E-state index in [9.17, 15) is 20.0 Å². The molecule has 110 valence electrons. The fourth-order valence-corrected chi connectivity index (χ4v) is 1.27. The zero-order valence-corrected chi connectivity index (χ0v) is 11.9. The number of anilines is 1. The standard InChI is InChI=1S/C13H19N3O4/c1-12(2,13(3,4)18)15-11(17)14-9-5-7-10(8-6-9)16(19)20/h5-8,18H,1-4H3,(H2,14,15,17). The molecular formula is C13H19N3O4. The molecule has 2 amide bonds. The second-order valence-electron chi connectivity index (χ2n) is 5.57. The van der Waals surface area contributed by atoms with Gasteiger partial charge in [-0.15, -0.1) is 0 Å². The summed E-state index contributed by atoms with van der Waals surface area (Å²) in [5, 5.41) is 25.7. The molecule has 0 heterocycles. The van der Waals surface area contributed by atoms with Crippen LogP contribution < -0.4 is 10.6 Å². The van der Waals surface area contributed by atoms with Gasteiger partial charge in [0.15, 0.2) is 0 Å². The number of nitrogens with one attached hydrogen (secondary N) is 2. The highest BCUT2D eigenvalue weighted by Crippen LogP contribution is 2.21. The molecule has 0 aliphatic carbocycles. The molecule has 0 saturated carbocycles. The number of amides is 2. The van der Waals surface area contributed by atoms with Gasteiger partial charge in [0.2, 0.25) is 0 Å². The lowest BCUT2D eigenvalue weighted by Crippen LogP contribution is -2.58. The summed E-state index contributed by atoms with van der Waals surface area (Å²) >= 11 is 0. The van der Waals surface area contributed by atoms with E-state index >= 15 is 0 Å². The smallest absolute Gasteiger partial charge is 0.319 e. The van der Waals surface area contributed by atoms with Crippen molar-refractivity contribution in [3.05, 3.63) is 34.4 Å². The summed E-state index contributed by atoms with van der Waals surface area (Å²) in [6.07, 6.45) is 0. The Kier molecular flexibility index (Phi) is 4.34. The number of nitro benzene ring substituents is 1. The SMILES string of the molecule is CC(C)(O)C(C)(C)NC(=O)Nc1ccc([N+](=O)[O-])cc1. The Morgan fingerprint density at radius 1 is 1.20 bits per heavy atom. The van der Waals surface area contributed by atoms with Crippen LogP contribution in [-0.2, 0) is 0 Å². The molecule has 1 rings (SSSR count). The first-order chi connectivity index (χ1) is 9.03. The number of urea groups is 1. The molecular weight excluding hydrogens is 262 g/mol. The highest BCUT2D eigenvalue weighted by molar-refractivity contribution is 5.89. The van der Waals surface area contributed by atoms with Crippen LogP contribution in [0, 0.1) is 10.1 Å². The molecule has 0 spiro atoms. The summed E-state index contributed by atoms with van der Waals surface area (Å²) in [5.41, 5.74) is -1.55. The van der Waals surface area contributed by atoms with Crippen molar-refractivity contribution in [1.82, 2.24) is 5.32 Å². The Bertz CT molecular complexity index is 503. The van der Waals surface area contributed by atoms with E-state index in [1.54, 1.807) is 27.7 Å². The first kappa shape index (κ1) is 15.9. The molecule has 0 fully saturated rings. The van der Waals surface area contributed by atoms with Crippen LogP contribution in [0.15, 0.2) is 24.3 Å². The van der Waals surface area contributed by atoms with E-state index in [4.69, 9.17) is 0 Å². The van der Waals surface area contributed by atoms with Gasteiger partial charge in [0.25, 0.3) is 5.69 Å².